The van der Waals surface area contributed by atoms with Gasteiger partial charge in [-0.25, -0.2) is 26.5 Å². The minimum Gasteiger partial charge on any atom is -0.480 e. The highest BCUT2D eigenvalue weighted by Gasteiger charge is 2.41. The molecule has 0 bridgehead atoms. The lowest BCUT2D eigenvalue weighted by atomic mass is 10.2. The Morgan fingerprint density at radius 1 is 1.17 bits per heavy atom. The maximum Gasteiger partial charge on any atom is 0.573 e. The molecule has 1 aromatic heterocycles. The Balaban J connectivity index is 1.85. The molecule has 0 aliphatic carbocycles. The topological polar surface area (TPSA) is 163 Å². The van der Waals surface area contributed by atoms with E-state index in [9.17, 15) is 44.7 Å². The zero-order chi connectivity index (χ0) is 27.1. The number of amides is 1. The molecule has 0 saturated carbocycles. The molecule has 0 spiro atoms. The van der Waals surface area contributed by atoms with E-state index in [0.717, 1.165) is 31.2 Å². The average Bonchev–Trinajstić information content (AvgIpc) is 3.14. The van der Waals surface area contributed by atoms with Crippen molar-refractivity contribution in [2.75, 3.05) is 24.5 Å². The molecule has 0 unspecified atom stereocenters. The van der Waals surface area contributed by atoms with Gasteiger partial charge < -0.3 is 14.7 Å². The molecular weight excluding hydrogens is 553 g/mol. The summed E-state index contributed by atoms with van der Waals surface area (Å²) in [7, 11) is -8.63. The van der Waals surface area contributed by atoms with Crippen LogP contribution in [0.2, 0.25) is 0 Å². The van der Waals surface area contributed by atoms with Crippen LogP contribution < -0.4 is 14.4 Å². The lowest BCUT2D eigenvalue weighted by molar-refractivity contribution is -0.274. The number of carboxylic acids is 1. The second kappa shape index (κ2) is 9.83. The first-order valence-electron chi connectivity index (χ1n) is 9.87. The van der Waals surface area contributed by atoms with Crippen LogP contribution in [0.5, 0.6) is 5.75 Å². The van der Waals surface area contributed by atoms with Gasteiger partial charge in [0.2, 0.25) is 15.9 Å². The number of sulfonamides is 2. The van der Waals surface area contributed by atoms with Gasteiger partial charge in [0.05, 0.1) is 10.6 Å². The van der Waals surface area contributed by atoms with E-state index in [1.807, 2.05) is 4.72 Å². The zero-order valence-electron chi connectivity index (χ0n) is 18.5. The third kappa shape index (κ3) is 6.05. The summed E-state index contributed by atoms with van der Waals surface area (Å²) in [6, 6.07) is 1.70. The average molecular weight is 573 g/mol. The maximum absolute atomic E-state index is 13.1. The van der Waals surface area contributed by atoms with Crippen LogP contribution in [0.3, 0.4) is 0 Å². The molecule has 198 valence electrons. The van der Waals surface area contributed by atoms with Crippen molar-refractivity contribution < 1.29 is 49.4 Å². The van der Waals surface area contributed by atoms with Crippen molar-refractivity contribution in [1.29, 1.82) is 0 Å². The fourth-order valence-electron chi connectivity index (χ4n) is 3.37. The number of anilines is 1. The number of hydrogen-bond donors (Lipinski definition) is 2. The van der Waals surface area contributed by atoms with E-state index >= 15 is 0 Å². The predicted molar refractivity (Wildman–Crippen MR) is 119 cm³/mol. The molecule has 36 heavy (non-hydrogen) atoms. The standard InChI is InChI=1S/C18H19F3N4O8S3/c1-10-16(35(29,30)23-11(2)26)34-17(22-10)24-7-8-25(14(9-24)15(27)28)36(31,32)13-5-3-12(4-6-13)33-18(19,20)21/h3-6,14H,7-9H2,1-2H3,(H,23,26)(H,27,28)/t14-/m1/s1. The fourth-order valence-corrected chi connectivity index (χ4v) is 7.46. The number of piperazine rings is 1. The van der Waals surface area contributed by atoms with Gasteiger partial charge in [-0.1, -0.05) is 11.3 Å². The van der Waals surface area contributed by atoms with E-state index in [4.69, 9.17) is 0 Å². The van der Waals surface area contributed by atoms with Crippen LogP contribution in [-0.4, -0.2) is 75.1 Å². The number of carbonyl (C=O) groups excluding carboxylic acids is 1. The summed E-state index contributed by atoms with van der Waals surface area (Å²) in [4.78, 5) is 28.2. The van der Waals surface area contributed by atoms with E-state index in [-0.39, 0.29) is 28.1 Å². The molecule has 1 aliphatic rings. The van der Waals surface area contributed by atoms with Crippen LogP contribution in [0.25, 0.3) is 0 Å². The summed E-state index contributed by atoms with van der Waals surface area (Å²) < 4.78 is 93.9. The fraction of sp³-hybridized carbons (Fsp3) is 0.389. The Kier molecular flexibility index (Phi) is 7.54. The molecule has 1 saturated heterocycles. The number of hydrogen-bond acceptors (Lipinski definition) is 10. The maximum atomic E-state index is 13.1. The summed E-state index contributed by atoms with van der Waals surface area (Å²) in [5, 5.41) is 9.81. The smallest absolute Gasteiger partial charge is 0.480 e. The summed E-state index contributed by atoms with van der Waals surface area (Å²) in [5.74, 6) is -2.96. The molecule has 1 aromatic carbocycles. The van der Waals surface area contributed by atoms with E-state index in [2.05, 4.69) is 9.72 Å². The molecule has 2 N–H and O–H groups in total. The minimum atomic E-state index is -4.97. The van der Waals surface area contributed by atoms with Gasteiger partial charge in [0.25, 0.3) is 10.0 Å². The highest BCUT2D eigenvalue weighted by molar-refractivity contribution is 7.92. The van der Waals surface area contributed by atoms with Gasteiger partial charge in [-0.3, -0.25) is 9.59 Å². The molecule has 0 radical (unpaired) electrons. The monoisotopic (exact) mass is 572 g/mol. The number of halogens is 3. The Bertz CT molecular complexity index is 1380. The Hall–Kier alpha value is -2.96. The molecule has 1 atom stereocenters. The largest absolute Gasteiger partial charge is 0.573 e. The number of aliphatic carboxylic acids is 1. The predicted octanol–water partition coefficient (Wildman–Crippen LogP) is 1.14. The SMILES string of the molecule is CC(=O)NS(=O)(=O)c1sc(N2CCN(S(=O)(=O)c3ccc(OC(F)(F)F)cc3)[C@@H](C(=O)O)C2)nc1C. The van der Waals surface area contributed by atoms with Crippen LogP contribution in [0, 0.1) is 6.92 Å². The Labute approximate surface area is 207 Å². The number of nitrogens with zero attached hydrogens (tertiary/aromatic N) is 3. The highest BCUT2D eigenvalue weighted by Crippen LogP contribution is 2.33. The van der Waals surface area contributed by atoms with Crippen LogP contribution in [-0.2, 0) is 29.6 Å². The number of aryl methyl sites for hydroxylation is 1. The Morgan fingerprint density at radius 3 is 2.31 bits per heavy atom. The third-order valence-corrected chi connectivity index (χ3v) is 10.00. The van der Waals surface area contributed by atoms with E-state index in [1.165, 1.54) is 11.8 Å². The third-order valence-electron chi connectivity index (χ3n) is 4.82. The van der Waals surface area contributed by atoms with Crippen LogP contribution in [0.1, 0.15) is 12.6 Å². The normalized spacial score (nSPS) is 17.6. The van der Waals surface area contributed by atoms with Gasteiger partial charge in [0, 0.05) is 26.6 Å². The van der Waals surface area contributed by atoms with Crippen molar-refractivity contribution in [3.8, 4) is 5.75 Å². The summed E-state index contributed by atoms with van der Waals surface area (Å²) >= 11 is 0.685. The van der Waals surface area contributed by atoms with Crippen molar-refractivity contribution in [3.63, 3.8) is 0 Å². The molecular formula is C18H19F3N4O8S3. The van der Waals surface area contributed by atoms with Gasteiger partial charge in [-0.15, -0.1) is 13.2 Å². The van der Waals surface area contributed by atoms with Crippen molar-refractivity contribution in [1.82, 2.24) is 14.0 Å². The molecule has 1 aliphatic heterocycles. The number of thiazole rings is 1. The van der Waals surface area contributed by atoms with Gasteiger partial charge in [0.1, 0.15) is 11.8 Å². The number of benzene rings is 1. The molecule has 3 rings (SSSR count). The second-order valence-corrected chi connectivity index (χ2v) is 12.2. The first kappa shape index (κ1) is 27.6. The minimum absolute atomic E-state index is 0.0619. The van der Waals surface area contributed by atoms with Crippen LogP contribution in [0.15, 0.2) is 33.4 Å². The molecule has 12 nitrogen and oxygen atoms in total. The summed E-state index contributed by atoms with van der Waals surface area (Å²) in [5.41, 5.74) is 0.0619. The lowest BCUT2D eigenvalue weighted by Crippen LogP contribution is -2.58. The molecule has 2 aromatic rings. The number of alkyl halides is 3. The quantitative estimate of drug-likeness (QED) is 0.492. The molecule has 18 heteroatoms. The van der Waals surface area contributed by atoms with E-state index in [0.29, 0.717) is 15.6 Å². The summed E-state index contributed by atoms with van der Waals surface area (Å²) in [6.45, 7) is 1.60. The molecule has 1 fully saturated rings. The van der Waals surface area contributed by atoms with Crippen molar-refractivity contribution in [2.24, 2.45) is 0 Å². The van der Waals surface area contributed by atoms with Crippen LogP contribution in [0.4, 0.5) is 18.3 Å². The summed E-state index contributed by atoms with van der Waals surface area (Å²) in [6.07, 6.45) is -4.97. The molecule has 2 heterocycles. The number of ether oxygens (including phenoxy) is 1. The van der Waals surface area contributed by atoms with E-state index < -0.39 is 61.5 Å². The highest BCUT2D eigenvalue weighted by atomic mass is 32.2. The van der Waals surface area contributed by atoms with Crippen molar-refractivity contribution in [2.45, 2.75) is 35.4 Å². The van der Waals surface area contributed by atoms with Gasteiger partial charge >= 0.3 is 12.3 Å². The van der Waals surface area contributed by atoms with Crippen molar-refractivity contribution in [3.05, 3.63) is 30.0 Å². The van der Waals surface area contributed by atoms with Crippen molar-refractivity contribution >= 4 is 48.4 Å². The van der Waals surface area contributed by atoms with Gasteiger partial charge in [-0.05, 0) is 31.2 Å². The van der Waals surface area contributed by atoms with Gasteiger partial charge in [0.15, 0.2) is 9.34 Å². The number of carboxylic acid groups (broad SMARTS) is 1. The first-order valence-corrected chi connectivity index (χ1v) is 13.6. The van der Waals surface area contributed by atoms with Crippen LogP contribution >= 0.6 is 11.3 Å². The number of aromatic nitrogens is 1. The number of nitrogens with one attached hydrogen (secondary N) is 1. The number of carbonyl (C=O) groups is 2. The van der Waals surface area contributed by atoms with E-state index in [1.54, 1.807) is 0 Å². The second-order valence-electron chi connectivity index (χ2n) is 7.47. The lowest BCUT2D eigenvalue weighted by Gasteiger charge is -2.38. The molecule has 1 amide bonds. The number of rotatable bonds is 7. The van der Waals surface area contributed by atoms with Gasteiger partial charge in [-0.2, -0.15) is 4.31 Å². The first-order chi connectivity index (χ1) is 16.5. The Morgan fingerprint density at radius 2 is 1.78 bits per heavy atom. The zero-order valence-corrected chi connectivity index (χ0v) is 21.0.